The first-order valence-corrected chi connectivity index (χ1v) is 7.87. The molecule has 1 saturated heterocycles. The van der Waals surface area contributed by atoms with Crippen LogP contribution in [0.1, 0.15) is 12.5 Å². The molecule has 1 aliphatic heterocycles. The molecule has 0 amide bonds. The summed E-state index contributed by atoms with van der Waals surface area (Å²) in [4.78, 5) is 2.35. The Morgan fingerprint density at radius 1 is 1.44 bits per heavy atom. The number of nitrogens with zero attached hydrogens (tertiary/aromatic N) is 1. The van der Waals surface area contributed by atoms with E-state index in [4.69, 9.17) is 4.74 Å². The summed E-state index contributed by atoms with van der Waals surface area (Å²) in [5, 5.41) is 0.846. The first-order valence-electron chi connectivity index (χ1n) is 5.96. The third-order valence-corrected chi connectivity index (χ3v) is 4.44. The predicted molar refractivity (Wildman–Crippen MR) is 77.5 cm³/mol. The smallest absolute Gasteiger partial charge is 0.124 e. The molecule has 1 heterocycles. The van der Waals surface area contributed by atoms with E-state index in [-0.39, 0.29) is 18.0 Å². The van der Waals surface area contributed by atoms with Crippen molar-refractivity contribution < 1.29 is 9.13 Å². The lowest BCUT2D eigenvalue weighted by molar-refractivity contribution is -0.0678. The molecule has 1 fully saturated rings. The van der Waals surface area contributed by atoms with Gasteiger partial charge in [0.1, 0.15) is 5.82 Å². The number of halogens is 3. The summed E-state index contributed by atoms with van der Waals surface area (Å²) >= 11 is 6.88. The van der Waals surface area contributed by atoms with Gasteiger partial charge >= 0.3 is 0 Å². The largest absolute Gasteiger partial charge is 0.372 e. The first kappa shape index (κ1) is 14.4. The zero-order chi connectivity index (χ0) is 13.1. The van der Waals surface area contributed by atoms with Gasteiger partial charge in [-0.1, -0.05) is 37.9 Å². The SMILES string of the molecule is CC1CN(Cc2ccc(F)cc2Br)CC(CBr)O1. The van der Waals surface area contributed by atoms with E-state index < -0.39 is 0 Å². The molecule has 0 radical (unpaired) electrons. The molecule has 2 unspecified atom stereocenters. The van der Waals surface area contributed by atoms with Crippen LogP contribution in [0.3, 0.4) is 0 Å². The average Bonchev–Trinajstić information content (AvgIpc) is 2.32. The fourth-order valence-electron chi connectivity index (χ4n) is 2.25. The summed E-state index contributed by atoms with van der Waals surface area (Å²) in [5.41, 5.74) is 1.11. The second-order valence-corrected chi connectivity index (χ2v) is 6.15. The van der Waals surface area contributed by atoms with Crippen molar-refractivity contribution in [3.05, 3.63) is 34.1 Å². The van der Waals surface area contributed by atoms with Crippen LogP contribution in [-0.2, 0) is 11.3 Å². The molecule has 1 aromatic rings. The molecular formula is C13H16Br2FNO. The minimum absolute atomic E-state index is 0.209. The second-order valence-electron chi connectivity index (χ2n) is 4.65. The number of rotatable bonds is 3. The van der Waals surface area contributed by atoms with Crippen molar-refractivity contribution in [2.75, 3.05) is 18.4 Å². The number of morpholine rings is 1. The fraction of sp³-hybridized carbons (Fsp3) is 0.538. The molecule has 2 atom stereocenters. The fourth-order valence-corrected chi connectivity index (χ4v) is 3.08. The molecule has 0 aliphatic carbocycles. The molecule has 0 aromatic heterocycles. The quantitative estimate of drug-likeness (QED) is 0.743. The Labute approximate surface area is 124 Å². The maximum absolute atomic E-state index is 13.0. The molecule has 0 bridgehead atoms. The van der Waals surface area contributed by atoms with Gasteiger partial charge in [0.2, 0.25) is 0 Å². The summed E-state index contributed by atoms with van der Waals surface area (Å²) < 4.78 is 19.7. The van der Waals surface area contributed by atoms with Gasteiger partial charge in [-0.3, -0.25) is 4.90 Å². The number of hydrogen-bond acceptors (Lipinski definition) is 2. The van der Waals surface area contributed by atoms with Gasteiger partial charge in [-0.2, -0.15) is 0 Å². The number of ether oxygens (including phenoxy) is 1. The zero-order valence-corrected chi connectivity index (χ0v) is 13.4. The summed E-state index contributed by atoms with van der Waals surface area (Å²) in [7, 11) is 0. The van der Waals surface area contributed by atoms with Gasteiger partial charge in [0.25, 0.3) is 0 Å². The van der Waals surface area contributed by atoms with Crippen LogP contribution < -0.4 is 0 Å². The van der Waals surface area contributed by atoms with Crippen molar-refractivity contribution in [1.29, 1.82) is 0 Å². The molecule has 2 nitrogen and oxygen atoms in total. The second kappa shape index (κ2) is 6.46. The lowest BCUT2D eigenvalue weighted by Gasteiger charge is -2.36. The molecule has 0 saturated carbocycles. The van der Waals surface area contributed by atoms with Crippen LogP contribution in [0.4, 0.5) is 4.39 Å². The first-order chi connectivity index (χ1) is 8.58. The molecule has 1 aromatic carbocycles. The van der Waals surface area contributed by atoms with E-state index in [2.05, 4.69) is 43.7 Å². The van der Waals surface area contributed by atoms with Crippen molar-refractivity contribution in [3.63, 3.8) is 0 Å². The standard InChI is InChI=1S/C13H16Br2FNO/c1-9-6-17(8-12(5-14)18-9)7-10-2-3-11(16)4-13(10)15/h2-4,9,12H,5-8H2,1H3. The predicted octanol–water partition coefficient (Wildman–Crippen LogP) is 3.57. The highest BCUT2D eigenvalue weighted by atomic mass is 79.9. The molecule has 2 rings (SSSR count). The zero-order valence-electron chi connectivity index (χ0n) is 10.2. The van der Waals surface area contributed by atoms with E-state index in [9.17, 15) is 4.39 Å². The van der Waals surface area contributed by atoms with Crippen LogP contribution in [0, 0.1) is 5.82 Å². The molecule has 100 valence electrons. The van der Waals surface area contributed by atoms with E-state index in [1.54, 1.807) is 0 Å². The Kier molecular flexibility index (Phi) is 5.18. The van der Waals surface area contributed by atoms with Crippen molar-refractivity contribution in [3.8, 4) is 0 Å². The summed E-state index contributed by atoms with van der Waals surface area (Å²) in [5.74, 6) is -0.209. The van der Waals surface area contributed by atoms with Crippen LogP contribution in [0.2, 0.25) is 0 Å². The van der Waals surface area contributed by atoms with Crippen LogP contribution >= 0.6 is 31.9 Å². The van der Waals surface area contributed by atoms with Gasteiger partial charge < -0.3 is 4.74 Å². The van der Waals surface area contributed by atoms with Crippen LogP contribution in [-0.4, -0.2) is 35.5 Å². The Bertz CT molecular complexity index is 416. The Morgan fingerprint density at radius 3 is 2.89 bits per heavy atom. The van der Waals surface area contributed by atoms with Crippen LogP contribution in [0.15, 0.2) is 22.7 Å². The van der Waals surface area contributed by atoms with Crippen LogP contribution in [0.5, 0.6) is 0 Å². The van der Waals surface area contributed by atoms with Crippen LogP contribution in [0.25, 0.3) is 0 Å². The van der Waals surface area contributed by atoms with E-state index in [0.29, 0.717) is 0 Å². The highest BCUT2D eigenvalue weighted by Gasteiger charge is 2.24. The maximum Gasteiger partial charge on any atom is 0.124 e. The van der Waals surface area contributed by atoms with Gasteiger partial charge in [0.15, 0.2) is 0 Å². The molecule has 0 spiro atoms. The lowest BCUT2D eigenvalue weighted by atomic mass is 10.1. The average molecular weight is 381 g/mol. The monoisotopic (exact) mass is 379 g/mol. The molecule has 1 aliphatic rings. The normalized spacial score (nSPS) is 25.3. The number of alkyl halides is 1. The Hall–Kier alpha value is 0.0300. The third-order valence-electron chi connectivity index (χ3n) is 2.98. The van der Waals surface area contributed by atoms with Crippen molar-refractivity contribution in [2.45, 2.75) is 25.7 Å². The summed E-state index contributed by atoms with van der Waals surface area (Å²) in [6.07, 6.45) is 0.466. The molecular weight excluding hydrogens is 365 g/mol. The Balaban J connectivity index is 2.04. The highest BCUT2D eigenvalue weighted by molar-refractivity contribution is 9.10. The van der Waals surface area contributed by atoms with E-state index in [1.807, 2.05) is 6.07 Å². The summed E-state index contributed by atoms with van der Waals surface area (Å²) in [6.45, 7) is 4.71. The minimum atomic E-state index is -0.209. The third kappa shape index (κ3) is 3.76. The minimum Gasteiger partial charge on any atom is -0.372 e. The van der Waals surface area contributed by atoms with E-state index in [1.165, 1.54) is 12.1 Å². The van der Waals surface area contributed by atoms with E-state index >= 15 is 0 Å². The van der Waals surface area contributed by atoms with Crippen molar-refractivity contribution in [1.82, 2.24) is 4.90 Å². The topological polar surface area (TPSA) is 12.5 Å². The van der Waals surface area contributed by atoms with Crippen molar-refractivity contribution in [2.24, 2.45) is 0 Å². The summed E-state index contributed by atoms with van der Waals surface area (Å²) in [6, 6.07) is 4.86. The lowest BCUT2D eigenvalue weighted by Crippen LogP contribution is -2.46. The highest BCUT2D eigenvalue weighted by Crippen LogP contribution is 2.22. The molecule has 0 N–H and O–H groups in total. The van der Waals surface area contributed by atoms with Gasteiger partial charge in [-0.05, 0) is 24.6 Å². The van der Waals surface area contributed by atoms with Gasteiger partial charge in [0.05, 0.1) is 12.2 Å². The van der Waals surface area contributed by atoms with Gasteiger partial charge in [0, 0.05) is 29.4 Å². The maximum atomic E-state index is 13.0. The van der Waals surface area contributed by atoms with Gasteiger partial charge in [-0.15, -0.1) is 0 Å². The number of hydrogen-bond donors (Lipinski definition) is 0. The Morgan fingerprint density at radius 2 is 2.22 bits per heavy atom. The molecule has 18 heavy (non-hydrogen) atoms. The molecule has 5 heteroatoms. The van der Waals surface area contributed by atoms with E-state index in [0.717, 1.165) is 35.0 Å². The van der Waals surface area contributed by atoms with Crippen molar-refractivity contribution >= 4 is 31.9 Å². The number of benzene rings is 1. The van der Waals surface area contributed by atoms with Gasteiger partial charge in [-0.25, -0.2) is 4.39 Å².